The van der Waals surface area contributed by atoms with E-state index in [9.17, 15) is 4.39 Å². The molecular formula is C10H10FNO. The van der Waals surface area contributed by atoms with Gasteiger partial charge in [0.1, 0.15) is 6.67 Å². The van der Waals surface area contributed by atoms with Crippen molar-refractivity contribution in [2.75, 3.05) is 13.3 Å². The predicted molar refractivity (Wildman–Crippen MR) is 46.8 cm³/mol. The number of halogens is 1. The number of hydrogen-bond donors (Lipinski definition) is 0. The number of hydrogen-bond acceptors (Lipinski definition) is 2. The second kappa shape index (κ2) is 5.28. The Hall–Kier alpha value is -1.40. The first-order valence-corrected chi connectivity index (χ1v) is 3.99. The molecule has 1 aromatic carbocycles. The lowest BCUT2D eigenvalue weighted by Crippen LogP contribution is -1.96. The van der Waals surface area contributed by atoms with Crippen molar-refractivity contribution in [2.24, 2.45) is 0 Å². The SMILES string of the molecule is N#Cc1ccc(COCCF)cc1. The van der Waals surface area contributed by atoms with Gasteiger partial charge in [-0.15, -0.1) is 0 Å². The molecule has 0 spiro atoms. The van der Waals surface area contributed by atoms with E-state index in [0.29, 0.717) is 12.2 Å². The molecule has 3 heteroatoms. The zero-order valence-electron chi connectivity index (χ0n) is 7.16. The third-order valence-electron chi connectivity index (χ3n) is 1.57. The number of nitrogens with zero attached hydrogens (tertiary/aromatic N) is 1. The van der Waals surface area contributed by atoms with Gasteiger partial charge in [-0.25, -0.2) is 4.39 Å². The van der Waals surface area contributed by atoms with Crippen LogP contribution in [-0.4, -0.2) is 13.3 Å². The molecule has 13 heavy (non-hydrogen) atoms. The molecule has 1 aromatic rings. The Bertz CT molecular complexity index is 289. The Balaban J connectivity index is 2.46. The quantitative estimate of drug-likeness (QED) is 0.662. The highest BCUT2D eigenvalue weighted by Crippen LogP contribution is 2.04. The van der Waals surface area contributed by atoms with Crippen molar-refractivity contribution in [3.63, 3.8) is 0 Å². The standard InChI is InChI=1S/C10H10FNO/c11-5-6-13-8-10-3-1-9(7-12)2-4-10/h1-4H,5-6,8H2. The summed E-state index contributed by atoms with van der Waals surface area (Å²) in [6.07, 6.45) is 0. The Labute approximate surface area is 76.6 Å². The van der Waals surface area contributed by atoms with Crippen LogP contribution >= 0.6 is 0 Å². The van der Waals surface area contributed by atoms with Crippen LogP contribution in [0.15, 0.2) is 24.3 Å². The van der Waals surface area contributed by atoms with Gasteiger partial charge in [0.25, 0.3) is 0 Å². The molecule has 0 aliphatic carbocycles. The van der Waals surface area contributed by atoms with Gasteiger partial charge in [0, 0.05) is 0 Å². The molecule has 0 amide bonds. The summed E-state index contributed by atoms with van der Waals surface area (Å²) in [7, 11) is 0. The fourth-order valence-electron chi connectivity index (χ4n) is 0.920. The Morgan fingerprint density at radius 1 is 1.31 bits per heavy atom. The Morgan fingerprint density at radius 2 is 2.00 bits per heavy atom. The van der Waals surface area contributed by atoms with Gasteiger partial charge >= 0.3 is 0 Å². The van der Waals surface area contributed by atoms with E-state index in [1.165, 1.54) is 0 Å². The number of rotatable bonds is 4. The molecule has 0 saturated carbocycles. The molecular weight excluding hydrogens is 169 g/mol. The molecule has 68 valence electrons. The Kier molecular flexibility index (Phi) is 3.94. The van der Waals surface area contributed by atoms with Gasteiger partial charge in [0.05, 0.1) is 24.8 Å². The molecule has 0 unspecified atom stereocenters. The van der Waals surface area contributed by atoms with Crippen molar-refractivity contribution >= 4 is 0 Å². The van der Waals surface area contributed by atoms with E-state index in [0.717, 1.165) is 5.56 Å². The molecule has 0 atom stereocenters. The topological polar surface area (TPSA) is 33.0 Å². The lowest BCUT2D eigenvalue weighted by atomic mass is 10.2. The minimum atomic E-state index is -0.462. The average Bonchev–Trinajstić information content (AvgIpc) is 2.19. The fraction of sp³-hybridized carbons (Fsp3) is 0.300. The molecule has 0 aromatic heterocycles. The highest BCUT2D eigenvalue weighted by atomic mass is 19.1. The smallest absolute Gasteiger partial charge is 0.113 e. The van der Waals surface area contributed by atoms with Crippen LogP contribution in [0.5, 0.6) is 0 Å². The fourth-order valence-corrected chi connectivity index (χ4v) is 0.920. The van der Waals surface area contributed by atoms with Crippen LogP contribution in [0.3, 0.4) is 0 Å². The molecule has 0 radical (unpaired) electrons. The van der Waals surface area contributed by atoms with Gasteiger partial charge in [-0.3, -0.25) is 0 Å². The van der Waals surface area contributed by atoms with Crippen LogP contribution < -0.4 is 0 Å². The van der Waals surface area contributed by atoms with E-state index in [1.807, 2.05) is 6.07 Å². The van der Waals surface area contributed by atoms with Gasteiger partial charge < -0.3 is 4.74 Å². The van der Waals surface area contributed by atoms with Crippen molar-refractivity contribution in [2.45, 2.75) is 6.61 Å². The maximum Gasteiger partial charge on any atom is 0.113 e. The monoisotopic (exact) mass is 179 g/mol. The number of benzene rings is 1. The third kappa shape index (κ3) is 3.22. The summed E-state index contributed by atoms with van der Waals surface area (Å²) in [6.45, 7) is 0.0614. The summed E-state index contributed by atoms with van der Waals surface area (Å²) in [6, 6.07) is 9.06. The van der Waals surface area contributed by atoms with Gasteiger partial charge in [0.2, 0.25) is 0 Å². The second-order valence-electron chi connectivity index (χ2n) is 2.55. The molecule has 0 N–H and O–H groups in total. The van der Waals surface area contributed by atoms with Crippen LogP contribution in [0, 0.1) is 11.3 Å². The molecule has 0 fully saturated rings. The first-order valence-electron chi connectivity index (χ1n) is 3.99. The molecule has 1 rings (SSSR count). The first kappa shape index (κ1) is 9.69. The van der Waals surface area contributed by atoms with Crippen LogP contribution in [0.1, 0.15) is 11.1 Å². The lowest BCUT2D eigenvalue weighted by molar-refractivity contribution is 0.106. The van der Waals surface area contributed by atoms with Crippen molar-refractivity contribution in [3.05, 3.63) is 35.4 Å². The second-order valence-corrected chi connectivity index (χ2v) is 2.55. The van der Waals surface area contributed by atoms with Gasteiger partial charge in [-0.2, -0.15) is 5.26 Å². The minimum Gasteiger partial charge on any atom is -0.374 e. The predicted octanol–water partition coefficient (Wildman–Crippen LogP) is 2.04. The van der Waals surface area contributed by atoms with E-state index < -0.39 is 6.67 Å². The lowest BCUT2D eigenvalue weighted by Gasteiger charge is -2.01. The summed E-state index contributed by atoms with van der Waals surface area (Å²) in [4.78, 5) is 0. The van der Waals surface area contributed by atoms with Gasteiger partial charge in [-0.05, 0) is 17.7 Å². The highest BCUT2D eigenvalue weighted by molar-refractivity contribution is 5.31. The normalized spacial score (nSPS) is 9.54. The molecule has 2 nitrogen and oxygen atoms in total. The molecule has 0 bridgehead atoms. The van der Waals surface area contributed by atoms with Gasteiger partial charge in [0.15, 0.2) is 0 Å². The van der Waals surface area contributed by atoms with Crippen LogP contribution in [0.25, 0.3) is 0 Å². The van der Waals surface area contributed by atoms with E-state index in [-0.39, 0.29) is 6.61 Å². The van der Waals surface area contributed by atoms with Crippen molar-refractivity contribution in [1.82, 2.24) is 0 Å². The average molecular weight is 179 g/mol. The summed E-state index contributed by atoms with van der Waals surface area (Å²) < 4.78 is 16.6. The molecule has 0 aliphatic rings. The summed E-state index contributed by atoms with van der Waals surface area (Å²) >= 11 is 0. The Morgan fingerprint density at radius 3 is 2.54 bits per heavy atom. The number of nitriles is 1. The maximum atomic E-state index is 11.6. The zero-order valence-corrected chi connectivity index (χ0v) is 7.16. The van der Waals surface area contributed by atoms with Crippen molar-refractivity contribution < 1.29 is 9.13 Å². The summed E-state index contributed by atoms with van der Waals surface area (Å²) in [5.74, 6) is 0. The van der Waals surface area contributed by atoms with Crippen molar-refractivity contribution in [1.29, 1.82) is 5.26 Å². The molecule has 0 heterocycles. The van der Waals surface area contributed by atoms with Gasteiger partial charge in [-0.1, -0.05) is 12.1 Å². The largest absolute Gasteiger partial charge is 0.374 e. The van der Waals surface area contributed by atoms with E-state index in [4.69, 9.17) is 10.00 Å². The van der Waals surface area contributed by atoms with E-state index >= 15 is 0 Å². The summed E-state index contributed by atoms with van der Waals surface area (Å²) in [5, 5.41) is 8.51. The minimum absolute atomic E-state index is 0.125. The van der Waals surface area contributed by atoms with E-state index in [1.54, 1.807) is 24.3 Å². The van der Waals surface area contributed by atoms with E-state index in [2.05, 4.69) is 0 Å². The molecule has 0 aliphatic heterocycles. The third-order valence-corrected chi connectivity index (χ3v) is 1.57. The van der Waals surface area contributed by atoms with Crippen molar-refractivity contribution in [3.8, 4) is 6.07 Å². The highest BCUT2D eigenvalue weighted by Gasteiger charge is 1.93. The summed E-state index contributed by atoms with van der Waals surface area (Å²) in [5.41, 5.74) is 1.57. The maximum absolute atomic E-state index is 11.6. The van der Waals surface area contributed by atoms with Crippen LogP contribution in [0.4, 0.5) is 4.39 Å². The molecule has 0 saturated heterocycles. The number of ether oxygens (including phenoxy) is 1. The zero-order chi connectivity index (χ0) is 9.52. The number of alkyl halides is 1. The van der Waals surface area contributed by atoms with Crippen LogP contribution in [-0.2, 0) is 11.3 Å². The van der Waals surface area contributed by atoms with Crippen LogP contribution in [0.2, 0.25) is 0 Å². The first-order chi connectivity index (χ1) is 6.36.